The Morgan fingerprint density at radius 2 is 1.63 bits per heavy atom. The molecule has 12 nitrogen and oxygen atoms in total. The topological polar surface area (TPSA) is 207 Å². The highest BCUT2D eigenvalue weighted by molar-refractivity contribution is 5.93. The second kappa shape index (κ2) is 10.7. The number of aryl methyl sites for hydroxylation is 1. The molecule has 12 heteroatoms. The van der Waals surface area contributed by atoms with Gasteiger partial charge in [0.25, 0.3) is 0 Å². The molecule has 1 saturated heterocycles. The number of hydrogen-bond donors (Lipinski definition) is 7. The van der Waals surface area contributed by atoms with Gasteiger partial charge in [-0.15, -0.1) is 0 Å². The van der Waals surface area contributed by atoms with Crippen molar-refractivity contribution in [2.45, 2.75) is 43.5 Å². The number of fused-ring (bicyclic) bond motifs is 2. The molecule has 0 bridgehead atoms. The number of carbonyl (C=O) groups is 1. The zero-order valence-electron chi connectivity index (χ0n) is 22.2. The number of ether oxygens (including phenoxy) is 2. The smallest absolute Gasteiger partial charge is 0.335 e. The monoisotopic (exact) mass is 590 g/mol. The lowest BCUT2D eigenvalue weighted by Gasteiger charge is -2.38. The summed E-state index contributed by atoms with van der Waals surface area (Å²) in [5, 5.41) is 70.8. The van der Waals surface area contributed by atoms with E-state index in [4.69, 9.17) is 13.9 Å². The first-order chi connectivity index (χ1) is 20.5. The Balaban J connectivity index is 1.43. The van der Waals surface area contributed by atoms with Crippen LogP contribution >= 0.6 is 0 Å². The molecule has 5 atom stereocenters. The van der Waals surface area contributed by atoms with Crippen molar-refractivity contribution in [3.63, 3.8) is 0 Å². The number of hydrogen-bond acceptors (Lipinski definition) is 11. The minimum Gasteiger partial charge on any atom is -0.508 e. The second-order valence-corrected chi connectivity index (χ2v) is 10.4. The summed E-state index contributed by atoms with van der Waals surface area (Å²) >= 11 is 0. The van der Waals surface area contributed by atoms with Crippen LogP contribution in [0.3, 0.4) is 0 Å². The van der Waals surface area contributed by atoms with E-state index in [1.807, 2.05) is 30.3 Å². The number of rotatable bonds is 5. The van der Waals surface area contributed by atoms with E-state index in [1.165, 1.54) is 11.6 Å². The van der Waals surface area contributed by atoms with Gasteiger partial charge in [-0.2, -0.15) is 0 Å². The van der Waals surface area contributed by atoms with Gasteiger partial charge in [-0.25, -0.2) is 4.79 Å². The van der Waals surface area contributed by atoms with E-state index in [1.54, 1.807) is 12.1 Å². The number of phenols is 3. The predicted molar refractivity (Wildman–Crippen MR) is 150 cm³/mol. The third-order valence-electron chi connectivity index (χ3n) is 7.65. The van der Waals surface area contributed by atoms with Gasteiger partial charge >= 0.3 is 5.97 Å². The van der Waals surface area contributed by atoms with Crippen molar-refractivity contribution in [3.05, 3.63) is 81.5 Å². The molecule has 2 aliphatic rings. The zero-order chi connectivity index (χ0) is 30.6. The number of aromatic hydroxyl groups is 3. The first-order valence-corrected chi connectivity index (χ1v) is 13.3. The zero-order valence-corrected chi connectivity index (χ0v) is 22.2. The maximum Gasteiger partial charge on any atom is 0.335 e. The Morgan fingerprint density at radius 3 is 2.40 bits per heavy atom. The van der Waals surface area contributed by atoms with Crippen molar-refractivity contribution in [1.29, 1.82) is 0 Å². The van der Waals surface area contributed by atoms with Crippen molar-refractivity contribution in [1.82, 2.24) is 0 Å². The molecule has 1 aromatic heterocycles. The SMILES string of the molecule is O=C(O)[C@H]1O[C@@H](Oc2cc3oc(-c4ccc(O)cc4C4=Cc5ccccc5CC4)cc(=O)c3c(O)c2O)[C@H](O)[C@@H](O)[C@@H]1O. The maximum absolute atomic E-state index is 13.2. The molecule has 0 radical (unpaired) electrons. The van der Waals surface area contributed by atoms with Crippen molar-refractivity contribution in [3.8, 4) is 34.3 Å². The van der Waals surface area contributed by atoms with Gasteiger partial charge in [0.2, 0.25) is 12.0 Å². The third kappa shape index (κ3) is 4.96. The molecule has 6 rings (SSSR count). The minimum absolute atomic E-state index is 0.00194. The van der Waals surface area contributed by atoms with E-state index in [-0.39, 0.29) is 22.5 Å². The fourth-order valence-corrected chi connectivity index (χ4v) is 5.42. The van der Waals surface area contributed by atoms with E-state index in [0.717, 1.165) is 29.7 Å². The molecule has 4 aromatic rings. The molecule has 1 aliphatic heterocycles. The molecule has 43 heavy (non-hydrogen) atoms. The number of carboxylic acids is 1. The predicted octanol–water partition coefficient (Wildman–Crippen LogP) is 2.33. The average Bonchev–Trinajstić information content (AvgIpc) is 2.99. The molecule has 0 unspecified atom stereocenters. The van der Waals surface area contributed by atoms with Crippen LogP contribution in [0, 0.1) is 0 Å². The number of benzene rings is 3. The van der Waals surface area contributed by atoms with Gasteiger partial charge in [-0.1, -0.05) is 30.3 Å². The Bertz CT molecular complexity index is 1840. The Morgan fingerprint density at radius 1 is 0.860 bits per heavy atom. The highest BCUT2D eigenvalue weighted by Gasteiger charge is 2.48. The fraction of sp³-hybridized carbons (Fsp3) is 0.226. The Hall–Kier alpha value is -4.88. The van der Waals surface area contributed by atoms with Gasteiger partial charge in [0, 0.05) is 17.7 Å². The first-order valence-electron chi connectivity index (χ1n) is 13.3. The van der Waals surface area contributed by atoms with Crippen LogP contribution < -0.4 is 10.2 Å². The van der Waals surface area contributed by atoms with Crippen molar-refractivity contribution in [2.75, 3.05) is 0 Å². The lowest BCUT2D eigenvalue weighted by atomic mass is 9.86. The van der Waals surface area contributed by atoms with Crippen LogP contribution in [0.4, 0.5) is 0 Å². The second-order valence-electron chi connectivity index (χ2n) is 10.4. The molecule has 2 heterocycles. The minimum atomic E-state index is -1.98. The summed E-state index contributed by atoms with van der Waals surface area (Å²) in [5.74, 6) is -3.99. The molecule has 0 amide bonds. The Kier molecular flexibility index (Phi) is 7.06. The van der Waals surface area contributed by atoms with Gasteiger partial charge in [-0.05, 0) is 53.3 Å². The maximum atomic E-state index is 13.2. The van der Waals surface area contributed by atoms with Gasteiger partial charge in [0.15, 0.2) is 23.0 Å². The molecule has 7 N–H and O–H groups in total. The van der Waals surface area contributed by atoms with E-state index in [2.05, 4.69) is 0 Å². The average molecular weight is 591 g/mol. The largest absolute Gasteiger partial charge is 0.508 e. The number of aliphatic hydroxyl groups is 3. The number of aliphatic carboxylic acids is 1. The standard InChI is InChI=1S/C31H26O12/c32-16-7-8-17(18(10-16)15-6-5-13-3-1-2-4-14(13)9-15)20-11-19(33)23-21(41-20)12-22(24(34)25(23)35)42-31-28(38)26(36)27(37)29(43-31)30(39)40/h1-4,7-12,26-29,31-32,34-38H,5-6H2,(H,39,40)/t26-,27-,28+,29-,31+/m0/s1. The van der Waals surface area contributed by atoms with Gasteiger partial charge in [0.1, 0.15) is 40.8 Å². The van der Waals surface area contributed by atoms with E-state index >= 15 is 0 Å². The van der Waals surface area contributed by atoms with Crippen LogP contribution in [-0.2, 0) is 16.0 Å². The molecule has 1 aliphatic carbocycles. The summed E-state index contributed by atoms with van der Waals surface area (Å²) in [5.41, 5.74) is 3.22. The van der Waals surface area contributed by atoms with E-state index in [0.29, 0.717) is 17.5 Å². The van der Waals surface area contributed by atoms with Crippen molar-refractivity contribution < 1.29 is 54.4 Å². The Labute approximate surface area is 242 Å². The van der Waals surface area contributed by atoms with Crippen LogP contribution in [0.15, 0.2) is 63.8 Å². The summed E-state index contributed by atoms with van der Waals surface area (Å²) in [4.78, 5) is 24.6. The molecule has 3 aromatic carbocycles. The summed E-state index contributed by atoms with van der Waals surface area (Å²) in [7, 11) is 0. The third-order valence-corrected chi connectivity index (χ3v) is 7.65. The van der Waals surface area contributed by atoms with Crippen molar-refractivity contribution >= 4 is 28.6 Å². The van der Waals surface area contributed by atoms with Crippen LogP contribution in [0.25, 0.3) is 33.9 Å². The van der Waals surface area contributed by atoms with Gasteiger partial charge in [-0.3, -0.25) is 4.79 Å². The van der Waals surface area contributed by atoms with Crippen LogP contribution in [0.1, 0.15) is 23.1 Å². The molecule has 1 fully saturated rings. The molecular formula is C31H26O12. The molecular weight excluding hydrogens is 564 g/mol. The summed E-state index contributed by atoms with van der Waals surface area (Å²) in [6, 6.07) is 14.7. The fourth-order valence-electron chi connectivity index (χ4n) is 5.42. The molecule has 0 spiro atoms. The van der Waals surface area contributed by atoms with Crippen LogP contribution in [0.5, 0.6) is 23.0 Å². The summed E-state index contributed by atoms with van der Waals surface area (Å²) in [6.07, 6.45) is -6.37. The van der Waals surface area contributed by atoms with E-state index in [9.17, 15) is 45.3 Å². The highest BCUT2D eigenvalue weighted by atomic mass is 16.7. The lowest BCUT2D eigenvalue weighted by Crippen LogP contribution is -2.61. The van der Waals surface area contributed by atoms with Crippen LogP contribution in [0.2, 0.25) is 0 Å². The molecule has 0 saturated carbocycles. The van der Waals surface area contributed by atoms with Crippen LogP contribution in [-0.4, -0.2) is 72.4 Å². The number of carboxylic acid groups (broad SMARTS) is 1. The number of phenolic OH excluding ortho intramolecular Hbond substituents is 3. The van der Waals surface area contributed by atoms with E-state index < -0.39 is 59.4 Å². The number of allylic oxidation sites excluding steroid dienone is 1. The highest BCUT2D eigenvalue weighted by Crippen LogP contribution is 2.44. The van der Waals surface area contributed by atoms with Crippen molar-refractivity contribution in [2.24, 2.45) is 0 Å². The van der Waals surface area contributed by atoms with Gasteiger partial charge in [0.05, 0.1) is 0 Å². The normalized spacial score (nSPS) is 23.4. The summed E-state index contributed by atoms with van der Waals surface area (Å²) in [6.45, 7) is 0. The quantitative estimate of drug-likeness (QED) is 0.167. The van der Waals surface area contributed by atoms with Gasteiger partial charge < -0.3 is 49.6 Å². The lowest BCUT2D eigenvalue weighted by molar-refractivity contribution is -0.271. The summed E-state index contributed by atoms with van der Waals surface area (Å²) < 4.78 is 16.5. The first kappa shape index (κ1) is 28.2. The molecule has 222 valence electrons. The number of aliphatic hydroxyl groups excluding tert-OH is 3.